The lowest BCUT2D eigenvalue weighted by atomic mass is 9.95. The molecule has 48 heavy (non-hydrogen) atoms. The Hall–Kier alpha value is -5.19. The van der Waals surface area contributed by atoms with Crippen molar-refractivity contribution < 1.29 is 28.5 Å². The first-order valence-corrected chi connectivity index (χ1v) is 16.0. The number of hydrogen-bond donors (Lipinski definition) is 3. The summed E-state index contributed by atoms with van der Waals surface area (Å²) in [5.74, 6) is 1.66. The molecule has 0 radical (unpaired) electrons. The number of nitrogens with one attached hydrogen (secondary N) is 3. The Morgan fingerprint density at radius 2 is 1.69 bits per heavy atom. The molecular weight excluding hydrogens is 612 g/mol. The molecule has 3 aromatic carbocycles. The van der Waals surface area contributed by atoms with Crippen molar-refractivity contribution in [1.29, 1.82) is 0 Å². The fourth-order valence-corrected chi connectivity index (χ4v) is 6.51. The van der Waals surface area contributed by atoms with E-state index in [0.29, 0.717) is 54.3 Å². The van der Waals surface area contributed by atoms with Crippen LogP contribution in [0.15, 0.2) is 59.5 Å². The van der Waals surface area contributed by atoms with E-state index in [1.807, 2.05) is 56.4 Å². The van der Waals surface area contributed by atoms with Crippen molar-refractivity contribution in [2.75, 3.05) is 40.3 Å². The van der Waals surface area contributed by atoms with Gasteiger partial charge in [0, 0.05) is 37.2 Å². The Morgan fingerprint density at radius 1 is 0.938 bits per heavy atom. The number of nitrogens with zero attached hydrogens (tertiary/aromatic N) is 1. The Labute approximate surface area is 280 Å². The van der Waals surface area contributed by atoms with Gasteiger partial charge in [-0.05, 0) is 71.8 Å². The summed E-state index contributed by atoms with van der Waals surface area (Å²) in [6.07, 6.45) is 3.11. The van der Waals surface area contributed by atoms with Crippen LogP contribution >= 0.6 is 0 Å². The van der Waals surface area contributed by atoms with Gasteiger partial charge < -0.3 is 39.5 Å². The van der Waals surface area contributed by atoms with Crippen LogP contribution in [0.1, 0.15) is 44.4 Å². The predicted molar refractivity (Wildman–Crippen MR) is 186 cm³/mol. The summed E-state index contributed by atoms with van der Waals surface area (Å²) in [6.45, 7) is 6.28. The number of aryl methyl sites for hydroxylation is 1. The highest BCUT2D eigenvalue weighted by Crippen LogP contribution is 2.50. The quantitative estimate of drug-likeness (QED) is 0.193. The Balaban J connectivity index is 1.47. The fourth-order valence-electron chi connectivity index (χ4n) is 6.51. The third-order valence-electron chi connectivity index (χ3n) is 8.82. The third-order valence-corrected chi connectivity index (χ3v) is 8.82. The van der Waals surface area contributed by atoms with Gasteiger partial charge in [0.15, 0.2) is 11.5 Å². The lowest BCUT2D eigenvalue weighted by molar-refractivity contribution is -0.122. The van der Waals surface area contributed by atoms with Gasteiger partial charge in [0.1, 0.15) is 11.8 Å². The molecule has 0 saturated carbocycles. The highest BCUT2D eigenvalue weighted by Gasteiger charge is 2.30. The Morgan fingerprint density at radius 3 is 2.35 bits per heavy atom. The molecule has 0 saturated heterocycles. The smallest absolute Gasteiger partial charge is 0.242 e. The summed E-state index contributed by atoms with van der Waals surface area (Å²) in [6, 6.07) is 13.7. The van der Waals surface area contributed by atoms with E-state index < -0.39 is 12.1 Å². The number of carbonyl (C=O) groups excluding carboxylic acids is 2. The summed E-state index contributed by atoms with van der Waals surface area (Å²) >= 11 is 0. The number of anilines is 1. The molecule has 1 heterocycles. The van der Waals surface area contributed by atoms with Crippen LogP contribution in [0.2, 0.25) is 0 Å². The van der Waals surface area contributed by atoms with Gasteiger partial charge in [0.05, 0.1) is 45.7 Å². The number of amides is 2. The maximum absolute atomic E-state index is 13.9. The molecule has 0 fully saturated rings. The molecule has 1 aliphatic rings. The van der Waals surface area contributed by atoms with Crippen LogP contribution in [0.5, 0.6) is 23.0 Å². The number of fused-ring (bicyclic) bond motifs is 4. The van der Waals surface area contributed by atoms with Crippen molar-refractivity contribution in [3.8, 4) is 34.1 Å². The Bertz CT molecular complexity index is 1880. The van der Waals surface area contributed by atoms with Gasteiger partial charge in [-0.25, -0.2) is 0 Å². The van der Waals surface area contributed by atoms with E-state index in [1.54, 1.807) is 40.6 Å². The molecule has 254 valence electrons. The molecule has 5 rings (SSSR count). The maximum Gasteiger partial charge on any atom is 0.242 e. The molecule has 1 aliphatic carbocycles. The average Bonchev–Trinajstić information content (AvgIpc) is 3.34. The van der Waals surface area contributed by atoms with Crippen molar-refractivity contribution in [2.24, 2.45) is 5.92 Å². The maximum atomic E-state index is 13.9. The molecule has 11 nitrogen and oxygen atoms in total. The first kappa shape index (κ1) is 34.2. The standard InChI is InChI=1S/C37H44N4O7/c1-21(2)34(37(44)38-16-18-41-17-15-25-29(41)9-8-10-31(25)45-4)40-28-14-12-24-26(20-30(28)43)27(39-22(3)42)13-11-23-19-32(46-5)35(47-6)36(48-7)33(23)24/h8-10,12,14-15,17,19-21,27,34H,11,13,16,18H2,1-7H3,(H,38,44)(H,39,42)(H,40,43)/t27-,34-/m0/s1. The molecular formula is C37H44N4O7. The van der Waals surface area contributed by atoms with E-state index in [0.717, 1.165) is 27.8 Å². The SMILES string of the molecule is COc1cc2c(c(OC)c1OC)-c1ccc(N[C@H](C(=O)NCCn3ccc4c(OC)cccc43)C(C)C)c(=O)cc1[C@@H](NC(C)=O)CC2. The Kier molecular flexibility index (Phi) is 10.5. The van der Waals surface area contributed by atoms with Gasteiger partial charge in [-0.2, -0.15) is 0 Å². The summed E-state index contributed by atoms with van der Waals surface area (Å²) in [5, 5.41) is 10.3. The zero-order chi connectivity index (χ0) is 34.5. The molecule has 0 bridgehead atoms. The number of hydrogen-bond acceptors (Lipinski definition) is 8. The average molecular weight is 657 g/mol. The number of rotatable bonds is 12. The first-order valence-electron chi connectivity index (χ1n) is 16.0. The number of carbonyl (C=O) groups is 2. The summed E-state index contributed by atoms with van der Waals surface area (Å²) in [5.41, 5.74) is 4.03. The van der Waals surface area contributed by atoms with Crippen LogP contribution in [0.4, 0.5) is 5.69 Å². The highest BCUT2D eigenvalue weighted by atomic mass is 16.5. The van der Waals surface area contributed by atoms with Crippen molar-refractivity contribution in [2.45, 2.75) is 52.2 Å². The van der Waals surface area contributed by atoms with Crippen LogP contribution in [0.3, 0.4) is 0 Å². The minimum atomic E-state index is -0.682. The minimum Gasteiger partial charge on any atom is -0.496 e. The van der Waals surface area contributed by atoms with Crippen LogP contribution < -0.4 is 40.3 Å². The second-order valence-electron chi connectivity index (χ2n) is 12.2. The summed E-state index contributed by atoms with van der Waals surface area (Å²) in [4.78, 5) is 39.7. The monoisotopic (exact) mass is 656 g/mol. The minimum absolute atomic E-state index is 0.130. The number of aromatic nitrogens is 1. The van der Waals surface area contributed by atoms with E-state index in [2.05, 4.69) is 20.5 Å². The number of benzene rings is 2. The van der Waals surface area contributed by atoms with Crippen LogP contribution in [0.25, 0.3) is 22.0 Å². The molecule has 0 aliphatic heterocycles. The predicted octanol–water partition coefficient (Wildman–Crippen LogP) is 5.08. The molecule has 0 spiro atoms. The van der Waals surface area contributed by atoms with E-state index in [4.69, 9.17) is 18.9 Å². The second kappa shape index (κ2) is 14.7. The molecule has 1 aromatic heterocycles. The zero-order valence-corrected chi connectivity index (χ0v) is 28.6. The van der Waals surface area contributed by atoms with Crippen molar-refractivity contribution in [3.63, 3.8) is 0 Å². The molecule has 4 aromatic rings. The van der Waals surface area contributed by atoms with Gasteiger partial charge in [0.25, 0.3) is 0 Å². The van der Waals surface area contributed by atoms with Gasteiger partial charge in [0.2, 0.25) is 23.0 Å². The van der Waals surface area contributed by atoms with Crippen molar-refractivity contribution >= 4 is 28.4 Å². The molecule has 2 atom stereocenters. The van der Waals surface area contributed by atoms with E-state index in [9.17, 15) is 14.4 Å². The van der Waals surface area contributed by atoms with E-state index >= 15 is 0 Å². The topological polar surface area (TPSA) is 129 Å². The van der Waals surface area contributed by atoms with E-state index in [-0.39, 0.29) is 28.8 Å². The first-order chi connectivity index (χ1) is 23.1. The fraction of sp³-hybridized carbons (Fsp3) is 0.378. The second-order valence-corrected chi connectivity index (χ2v) is 12.2. The third kappa shape index (κ3) is 6.76. The summed E-state index contributed by atoms with van der Waals surface area (Å²) < 4.78 is 24.7. The normalized spacial score (nSPS) is 14.3. The highest BCUT2D eigenvalue weighted by molar-refractivity contribution is 5.87. The van der Waals surface area contributed by atoms with Gasteiger partial charge in [-0.1, -0.05) is 26.0 Å². The molecule has 0 unspecified atom stereocenters. The summed E-state index contributed by atoms with van der Waals surface area (Å²) in [7, 11) is 6.32. The zero-order valence-electron chi connectivity index (χ0n) is 28.6. The molecule has 11 heteroatoms. The van der Waals surface area contributed by atoms with Crippen LogP contribution in [0, 0.1) is 5.92 Å². The van der Waals surface area contributed by atoms with Crippen LogP contribution in [-0.2, 0) is 22.6 Å². The largest absolute Gasteiger partial charge is 0.496 e. The number of ether oxygens (including phenoxy) is 4. The van der Waals surface area contributed by atoms with Crippen molar-refractivity contribution in [3.05, 3.63) is 76.1 Å². The lowest BCUT2D eigenvalue weighted by Crippen LogP contribution is -2.44. The van der Waals surface area contributed by atoms with Gasteiger partial charge in [-0.15, -0.1) is 0 Å². The lowest BCUT2D eigenvalue weighted by Gasteiger charge is -2.22. The van der Waals surface area contributed by atoms with Crippen molar-refractivity contribution in [1.82, 2.24) is 15.2 Å². The van der Waals surface area contributed by atoms with Crippen LogP contribution in [-0.4, -0.2) is 57.4 Å². The van der Waals surface area contributed by atoms with Gasteiger partial charge in [-0.3, -0.25) is 14.4 Å². The molecule has 2 amide bonds. The molecule has 3 N–H and O–H groups in total. The number of methoxy groups -OCH3 is 4. The van der Waals surface area contributed by atoms with Gasteiger partial charge >= 0.3 is 0 Å². The van der Waals surface area contributed by atoms with E-state index in [1.165, 1.54) is 6.92 Å².